The number of benzene rings is 2. The van der Waals surface area contributed by atoms with Gasteiger partial charge in [-0.2, -0.15) is 0 Å². The van der Waals surface area contributed by atoms with Crippen LogP contribution in [0.3, 0.4) is 0 Å². The summed E-state index contributed by atoms with van der Waals surface area (Å²) in [7, 11) is 3.48. The SMILES string of the molecule is CN(Cc1ccccc1)C1=NC2C(C(=O)NC(=O)N2C)N1CC(O)COc1ccc(Br)cc1. The average molecular weight is 516 g/mol. The van der Waals surface area contributed by atoms with Gasteiger partial charge in [0.05, 0.1) is 6.54 Å². The number of imide groups is 1. The van der Waals surface area contributed by atoms with Crippen LogP contribution in [0.2, 0.25) is 0 Å². The lowest BCUT2D eigenvalue weighted by Crippen LogP contribution is -2.65. The number of guanidine groups is 1. The molecule has 0 aliphatic carbocycles. The minimum absolute atomic E-state index is 0.0432. The fourth-order valence-corrected chi connectivity index (χ4v) is 4.22. The summed E-state index contributed by atoms with van der Waals surface area (Å²) in [6, 6.07) is 16.0. The van der Waals surface area contributed by atoms with Crippen LogP contribution in [0.1, 0.15) is 5.56 Å². The highest BCUT2D eigenvalue weighted by Gasteiger charge is 2.49. The van der Waals surface area contributed by atoms with Crippen LogP contribution in [-0.2, 0) is 11.3 Å². The Morgan fingerprint density at radius 3 is 2.58 bits per heavy atom. The second-order valence-electron chi connectivity index (χ2n) is 8.11. The molecule has 2 heterocycles. The molecule has 3 unspecified atom stereocenters. The predicted molar refractivity (Wildman–Crippen MR) is 127 cm³/mol. The van der Waals surface area contributed by atoms with Gasteiger partial charge in [0.25, 0.3) is 5.91 Å². The van der Waals surface area contributed by atoms with E-state index in [4.69, 9.17) is 9.73 Å². The van der Waals surface area contributed by atoms with Crippen LogP contribution in [0.15, 0.2) is 64.1 Å². The Balaban J connectivity index is 1.51. The number of ether oxygens (including phenoxy) is 1. The van der Waals surface area contributed by atoms with Gasteiger partial charge < -0.3 is 24.5 Å². The molecule has 0 saturated carbocycles. The van der Waals surface area contributed by atoms with Crippen molar-refractivity contribution in [3.8, 4) is 5.75 Å². The number of aliphatic hydroxyl groups is 1. The van der Waals surface area contributed by atoms with Crippen molar-refractivity contribution in [2.75, 3.05) is 27.2 Å². The third kappa shape index (κ3) is 5.12. The van der Waals surface area contributed by atoms with E-state index in [1.54, 1.807) is 24.1 Å². The first-order valence-corrected chi connectivity index (χ1v) is 11.4. The molecule has 0 aromatic heterocycles. The number of fused-ring (bicyclic) bond motifs is 1. The molecule has 33 heavy (non-hydrogen) atoms. The Morgan fingerprint density at radius 1 is 1.18 bits per heavy atom. The summed E-state index contributed by atoms with van der Waals surface area (Å²) in [4.78, 5) is 34.7. The van der Waals surface area contributed by atoms with Gasteiger partial charge in [-0.05, 0) is 29.8 Å². The van der Waals surface area contributed by atoms with Gasteiger partial charge in [-0.15, -0.1) is 0 Å². The molecular weight excluding hydrogens is 490 g/mol. The molecule has 0 bridgehead atoms. The number of hydrogen-bond donors (Lipinski definition) is 2. The summed E-state index contributed by atoms with van der Waals surface area (Å²) in [6.45, 7) is 0.715. The van der Waals surface area contributed by atoms with Crippen molar-refractivity contribution in [2.45, 2.75) is 24.9 Å². The summed E-state index contributed by atoms with van der Waals surface area (Å²) in [6.07, 6.45) is -1.56. The Morgan fingerprint density at radius 2 is 1.88 bits per heavy atom. The average Bonchev–Trinajstić information content (AvgIpc) is 3.18. The van der Waals surface area contributed by atoms with Crippen molar-refractivity contribution in [3.05, 3.63) is 64.6 Å². The normalized spacial score (nSPS) is 20.8. The van der Waals surface area contributed by atoms with Crippen molar-refractivity contribution in [1.29, 1.82) is 0 Å². The highest BCUT2D eigenvalue weighted by Crippen LogP contribution is 2.26. The molecule has 2 aliphatic rings. The first kappa shape index (κ1) is 23.1. The number of nitrogens with one attached hydrogen (secondary N) is 1. The smallest absolute Gasteiger partial charge is 0.325 e. The quantitative estimate of drug-likeness (QED) is 0.584. The molecule has 4 rings (SSSR count). The van der Waals surface area contributed by atoms with Gasteiger partial charge in [0, 0.05) is 25.1 Å². The first-order valence-electron chi connectivity index (χ1n) is 10.6. The molecule has 0 radical (unpaired) electrons. The lowest BCUT2D eigenvalue weighted by Gasteiger charge is -2.37. The minimum atomic E-state index is -0.890. The maximum absolute atomic E-state index is 12.8. The summed E-state index contributed by atoms with van der Waals surface area (Å²) >= 11 is 3.38. The number of carbonyl (C=O) groups excluding carboxylic acids is 2. The van der Waals surface area contributed by atoms with E-state index >= 15 is 0 Å². The molecule has 2 aliphatic heterocycles. The molecular formula is C23H26BrN5O4. The maximum Gasteiger partial charge on any atom is 0.325 e. The zero-order valence-electron chi connectivity index (χ0n) is 18.4. The standard InChI is InChI=1S/C23H26BrN5O4/c1-27(12-15-6-4-3-5-7-15)22-25-20-19(21(31)26-23(32)28(20)2)29(22)13-17(30)14-33-18-10-8-16(24)9-11-18/h3-11,17,19-20,30H,12-14H2,1-2H3,(H,26,31,32). The van der Waals surface area contributed by atoms with Crippen LogP contribution >= 0.6 is 15.9 Å². The lowest BCUT2D eigenvalue weighted by molar-refractivity contribution is -0.127. The van der Waals surface area contributed by atoms with Gasteiger partial charge in [-0.3, -0.25) is 10.1 Å². The molecule has 2 aromatic carbocycles. The Bertz CT molecular complexity index is 1030. The number of rotatable bonds is 7. The number of aliphatic imine (C=N–C) groups is 1. The molecule has 10 heteroatoms. The van der Waals surface area contributed by atoms with Gasteiger partial charge in [-0.1, -0.05) is 46.3 Å². The zero-order chi connectivity index (χ0) is 23.5. The van der Waals surface area contributed by atoms with Crippen molar-refractivity contribution in [1.82, 2.24) is 20.0 Å². The Hall–Kier alpha value is -3.11. The summed E-state index contributed by atoms with van der Waals surface area (Å²) in [5, 5.41) is 13.1. The monoisotopic (exact) mass is 515 g/mol. The zero-order valence-corrected chi connectivity index (χ0v) is 20.0. The van der Waals surface area contributed by atoms with E-state index in [-0.39, 0.29) is 13.2 Å². The second kappa shape index (κ2) is 9.80. The van der Waals surface area contributed by atoms with Crippen LogP contribution in [-0.4, -0.2) is 83.3 Å². The van der Waals surface area contributed by atoms with Gasteiger partial charge in [0.2, 0.25) is 0 Å². The molecule has 9 nitrogen and oxygen atoms in total. The number of halogens is 1. The second-order valence-corrected chi connectivity index (χ2v) is 9.02. The van der Waals surface area contributed by atoms with Gasteiger partial charge >= 0.3 is 6.03 Å². The van der Waals surface area contributed by atoms with E-state index in [1.807, 2.05) is 54.4 Å². The van der Waals surface area contributed by atoms with Gasteiger partial charge in [0.1, 0.15) is 18.5 Å². The van der Waals surface area contributed by atoms with E-state index < -0.39 is 30.2 Å². The van der Waals surface area contributed by atoms with Gasteiger partial charge in [-0.25, -0.2) is 9.79 Å². The van der Waals surface area contributed by atoms with E-state index in [9.17, 15) is 14.7 Å². The van der Waals surface area contributed by atoms with Crippen molar-refractivity contribution in [3.63, 3.8) is 0 Å². The third-order valence-electron chi connectivity index (χ3n) is 5.61. The molecule has 1 saturated heterocycles. The fraction of sp³-hybridized carbons (Fsp3) is 0.348. The minimum Gasteiger partial charge on any atom is -0.491 e. The first-order chi connectivity index (χ1) is 15.8. The molecule has 174 valence electrons. The van der Waals surface area contributed by atoms with E-state index in [2.05, 4.69) is 21.2 Å². The Kier molecular flexibility index (Phi) is 6.85. The fourth-order valence-electron chi connectivity index (χ4n) is 3.96. The van der Waals surface area contributed by atoms with Crippen LogP contribution in [0.5, 0.6) is 5.75 Å². The van der Waals surface area contributed by atoms with Crippen molar-refractivity contribution in [2.24, 2.45) is 4.99 Å². The van der Waals surface area contributed by atoms with Crippen LogP contribution in [0, 0.1) is 0 Å². The van der Waals surface area contributed by atoms with Gasteiger partial charge in [0.15, 0.2) is 18.2 Å². The number of amides is 3. The maximum atomic E-state index is 12.8. The van der Waals surface area contributed by atoms with E-state index in [0.717, 1.165) is 10.0 Å². The summed E-state index contributed by atoms with van der Waals surface area (Å²) < 4.78 is 6.64. The molecule has 0 spiro atoms. The lowest BCUT2D eigenvalue weighted by atomic mass is 10.1. The molecule has 3 atom stereocenters. The number of hydrogen-bond acceptors (Lipinski definition) is 7. The number of nitrogens with zero attached hydrogens (tertiary/aromatic N) is 4. The highest BCUT2D eigenvalue weighted by molar-refractivity contribution is 9.10. The number of likely N-dealkylation sites (N-methyl/N-ethyl adjacent to an activating group) is 1. The molecule has 3 amide bonds. The number of aliphatic hydroxyl groups excluding tert-OH is 1. The topological polar surface area (TPSA) is 97.7 Å². The summed E-state index contributed by atoms with van der Waals surface area (Å²) in [5.41, 5.74) is 1.07. The summed E-state index contributed by atoms with van der Waals surface area (Å²) in [5.74, 6) is 0.733. The van der Waals surface area contributed by atoms with Crippen molar-refractivity contribution >= 4 is 33.8 Å². The number of carbonyl (C=O) groups is 2. The highest BCUT2D eigenvalue weighted by atomic mass is 79.9. The molecule has 2 aromatic rings. The molecule has 1 fully saturated rings. The van der Waals surface area contributed by atoms with Crippen LogP contribution < -0.4 is 10.1 Å². The Labute approximate surface area is 200 Å². The van der Waals surface area contributed by atoms with E-state index in [1.165, 1.54) is 4.90 Å². The van der Waals surface area contributed by atoms with Crippen molar-refractivity contribution < 1.29 is 19.4 Å². The predicted octanol–water partition coefficient (Wildman–Crippen LogP) is 1.87. The van der Waals surface area contributed by atoms with Crippen LogP contribution in [0.25, 0.3) is 0 Å². The number of β-amino-alcohol motifs (C(OH)–C–C–N with tert-alkyl or cyclic N) is 1. The number of urea groups is 1. The third-order valence-corrected chi connectivity index (χ3v) is 6.13. The molecule has 2 N–H and O–H groups in total. The van der Waals surface area contributed by atoms with E-state index in [0.29, 0.717) is 18.3 Å². The van der Waals surface area contributed by atoms with Crippen LogP contribution in [0.4, 0.5) is 4.79 Å². The largest absolute Gasteiger partial charge is 0.491 e.